The van der Waals surface area contributed by atoms with Crippen LogP contribution in [0.2, 0.25) is 0 Å². The zero-order valence-corrected chi connectivity index (χ0v) is 19.5. The molecular weight excluding hydrogens is 424 g/mol. The van der Waals surface area contributed by atoms with Crippen LogP contribution in [0.25, 0.3) is 0 Å². The van der Waals surface area contributed by atoms with E-state index in [1.54, 1.807) is 6.07 Å². The van der Waals surface area contributed by atoms with E-state index in [2.05, 4.69) is 12.2 Å². The Bertz CT molecular complexity index is 1060. The van der Waals surface area contributed by atoms with Crippen LogP contribution >= 0.6 is 0 Å². The Balaban J connectivity index is 1.36. The first-order valence-corrected chi connectivity index (χ1v) is 13.1. The molecule has 0 radical (unpaired) electrons. The molecule has 7 heteroatoms. The number of anilines is 1. The van der Waals surface area contributed by atoms with Crippen molar-refractivity contribution in [1.29, 1.82) is 0 Å². The van der Waals surface area contributed by atoms with Gasteiger partial charge in [0.05, 0.1) is 17.2 Å². The van der Waals surface area contributed by atoms with E-state index in [9.17, 15) is 13.2 Å². The second-order valence-electron chi connectivity index (χ2n) is 8.65. The number of hydrogen-bond acceptors (Lipinski definition) is 4. The Hall–Kier alpha value is -2.38. The highest BCUT2D eigenvalue weighted by molar-refractivity contribution is 7.89. The molecular formula is C25H32N2O4S. The van der Waals surface area contributed by atoms with Gasteiger partial charge in [0.1, 0.15) is 5.75 Å². The fraction of sp³-hybridized carbons (Fsp3) is 0.480. The first-order chi connectivity index (χ1) is 15.5. The average molecular weight is 457 g/mol. The predicted molar refractivity (Wildman–Crippen MR) is 125 cm³/mol. The molecule has 1 N–H and O–H groups in total. The summed E-state index contributed by atoms with van der Waals surface area (Å²) in [5.41, 5.74) is 3.08. The third-order valence-corrected chi connectivity index (χ3v) is 8.33. The van der Waals surface area contributed by atoms with E-state index in [-0.39, 0.29) is 11.8 Å². The summed E-state index contributed by atoms with van der Waals surface area (Å²) in [4.78, 5) is 13.2. The van der Waals surface area contributed by atoms with Gasteiger partial charge < -0.3 is 10.1 Å². The van der Waals surface area contributed by atoms with Crippen molar-refractivity contribution in [2.24, 2.45) is 5.92 Å². The zero-order valence-electron chi connectivity index (χ0n) is 18.7. The van der Waals surface area contributed by atoms with Gasteiger partial charge in [-0.25, -0.2) is 8.42 Å². The summed E-state index contributed by atoms with van der Waals surface area (Å²) in [7, 11) is -3.53. The van der Waals surface area contributed by atoms with Crippen LogP contribution in [0.15, 0.2) is 47.4 Å². The molecule has 1 saturated heterocycles. The fourth-order valence-corrected chi connectivity index (χ4v) is 5.99. The Morgan fingerprint density at radius 1 is 1.09 bits per heavy atom. The van der Waals surface area contributed by atoms with Gasteiger partial charge in [0.15, 0.2) is 0 Å². The highest BCUT2D eigenvalue weighted by Gasteiger charge is 2.32. The number of rotatable bonds is 8. The van der Waals surface area contributed by atoms with Gasteiger partial charge in [-0.15, -0.1) is 0 Å². The number of aryl methyl sites for hydroxylation is 2. The molecule has 2 aromatic carbocycles. The summed E-state index contributed by atoms with van der Waals surface area (Å²) < 4.78 is 33.6. The van der Waals surface area contributed by atoms with Crippen molar-refractivity contribution in [3.05, 3.63) is 53.6 Å². The number of para-hydroxylation sites is 2. The molecule has 0 bridgehead atoms. The molecule has 0 spiro atoms. The minimum Gasteiger partial charge on any atom is -0.491 e. The van der Waals surface area contributed by atoms with E-state index in [1.165, 1.54) is 9.87 Å². The summed E-state index contributed by atoms with van der Waals surface area (Å²) >= 11 is 0. The topological polar surface area (TPSA) is 75.7 Å². The molecule has 2 aromatic rings. The Kier molecular flexibility index (Phi) is 7.16. The molecule has 4 rings (SSSR count). The van der Waals surface area contributed by atoms with Gasteiger partial charge in [-0.3, -0.25) is 4.79 Å². The molecule has 32 heavy (non-hydrogen) atoms. The molecule has 1 heterocycles. The molecule has 172 valence electrons. The zero-order chi connectivity index (χ0) is 22.6. The van der Waals surface area contributed by atoms with E-state index in [4.69, 9.17) is 4.74 Å². The maximum atomic E-state index is 13.1. The van der Waals surface area contributed by atoms with Crippen molar-refractivity contribution in [2.45, 2.75) is 56.8 Å². The van der Waals surface area contributed by atoms with Gasteiger partial charge >= 0.3 is 0 Å². The molecule has 1 aliphatic heterocycles. The van der Waals surface area contributed by atoms with E-state index >= 15 is 0 Å². The van der Waals surface area contributed by atoms with Gasteiger partial charge in [0, 0.05) is 19.0 Å². The Morgan fingerprint density at radius 2 is 1.84 bits per heavy atom. The number of fused-ring (bicyclic) bond motifs is 1. The highest BCUT2D eigenvalue weighted by Crippen LogP contribution is 2.30. The predicted octanol–water partition coefficient (Wildman–Crippen LogP) is 4.39. The summed E-state index contributed by atoms with van der Waals surface area (Å²) in [5.74, 6) is 0.377. The highest BCUT2D eigenvalue weighted by atomic mass is 32.2. The minimum atomic E-state index is -3.53. The van der Waals surface area contributed by atoms with Crippen LogP contribution in [-0.4, -0.2) is 38.3 Å². The number of benzene rings is 2. The number of amides is 1. The molecule has 0 aromatic heterocycles. The maximum absolute atomic E-state index is 13.1. The maximum Gasteiger partial charge on any atom is 0.243 e. The average Bonchev–Trinajstić information content (AvgIpc) is 3.28. The first-order valence-electron chi connectivity index (χ1n) is 11.6. The van der Waals surface area contributed by atoms with Crippen molar-refractivity contribution < 1.29 is 17.9 Å². The van der Waals surface area contributed by atoms with E-state index in [0.717, 1.165) is 37.7 Å². The van der Waals surface area contributed by atoms with Gasteiger partial charge in [-0.05, 0) is 73.9 Å². The Morgan fingerprint density at radius 3 is 2.62 bits per heavy atom. The van der Waals surface area contributed by atoms with Crippen LogP contribution in [0.5, 0.6) is 5.75 Å². The van der Waals surface area contributed by atoms with Gasteiger partial charge in [0.25, 0.3) is 0 Å². The number of sulfonamides is 1. The second-order valence-corrected chi connectivity index (χ2v) is 10.6. The minimum absolute atomic E-state index is 0.0777. The normalized spacial score (nSPS) is 17.2. The molecule has 0 unspecified atom stereocenters. The number of carbonyl (C=O) groups is 1. The number of carbonyl (C=O) groups excluding carboxylic acids is 1. The van der Waals surface area contributed by atoms with Crippen LogP contribution in [-0.2, 0) is 27.7 Å². The lowest BCUT2D eigenvalue weighted by molar-refractivity contribution is -0.120. The molecule has 2 aliphatic rings. The second kappa shape index (κ2) is 10.0. The number of hydrogen-bond donors (Lipinski definition) is 1. The first kappa shape index (κ1) is 22.8. The fourth-order valence-electron chi connectivity index (χ4n) is 4.47. The third-order valence-electron chi connectivity index (χ3n) is 6.43. The van der Waals surface area contributed by atoms with Gasteiger partial charge in [-0.1, -0.05) is 31.5 Å². The standard InChI is InChI=1S/C25H32N2O4S/c1-2-3-17-31-24-10-5-4-9-23(24)26-25(28)20-13-15-27(16-14-20)32(29,30)22-12-11-19-7-6-8-21(19)18-22/h4-5,9-12,18,20H,2-3,6-8,13-17H2,1H3,(H,26,28). The SMILES string of the molecule is CCCCOc1ccccc1NC(=O)C1CCN(S(=O)(=O)c2ccc3c(c2)CCC3)CC1. The molecule has 6 nitrogen and oxygen atoms in total. The summed E-state index contributed by atoms with van der Waals surface area (Å²) in [5, 5.41) is 2.99. The monoisotopic (exact) mass is 456 g/mol. The van der Waals surface area contributed by atoms with Gasteiger partial charge in [0.2, 0.25) is 15.9 Å². The summed E-state index contributed by atoms with van der Waals surface area (Å²) in [6.45, 7) is 3.43. The summed E-state index contributed by atoms with van der Waals surface area (Å²) in [6.07, 6.45) is 6.09. The van der Waals surface area contributed by atoms with Crippen molar-refractivity contribution in [1.82, 2.24) is 4.31 Å². The van der Waals surface area contributed by atoms with Crippen LogP contribution in [0, 0.1) is 5.92 Å². The number of piperidine rings is 1. The molecule has 1 fully saturated rings. The smallest absolute Gasteiger partial charge is 0.243 e. The van der Waals surface area contributed by atoms with E-state index in [1.807, 2.05) is 36.4 Å². The quantitative estimate of drug-likeness (QED) is 0.598. The third kappa shape index (κ3) is 4.99. The number of ether oxygens (including phenoxy) is 1. The van der Waals surface area contributed by atoms with E-state index < -0.39 is 10.0 Å². The van der Waals surface area contributed by atoms with Crippen LogP contribution in [0.3, 0.4) is 0 Å². The van der Waals surface area contributed by atoms with Crippen LogP contribution in [0.4, 0.5) is 5.69 Å². The van der Waals surface area contributed by atoms with Crippen LogP contribution < -0.4 is 10.1 Å². The molecule has 0 saturated carbocycles. The van der Waals surface area contributed by atoms with Gasteiger partial charge in [-0.2, -0.15) is 4.31 Å². The number of nitrogens with one attached hydrogen (secondary N) is 1. The lowest BCUT2D eigenvalue weighted by atomic mass is 9.97. The molecule has 0 atom stereocenters. The largest absolute Gasteiger partial charge is 0.491 e. The molecule has 1 amide bonds. The van der Waals surface area contributed by atoms with Crippen LogP contribution in [0.1, 0.15) is 50.2 Å². The lowest BCUT2D eigenvalue weighted by Crippen LogP contribution is -2.41. The molecule has 1 aliphatic carbocycles. The lowest BCUT2D eigenvalue weighted by Gasteiger charge is -2.30. The van der Waals surface area contributed by atoms with Crippen molar-refractivity contribution in [3.63, 3.8) is 0 Å². The number of nitrogens with zero attached hydrogens (tertiary/aromatic N) is 1. The van der Waals surface area contributed by atoms with Crippen molar-refractivity contribution in [3.8, 4) is 5.75 Å². The van der Waals surface area contributed by atoms with E-state index in [0.29, 0.717) is 48.9 Å². The Labute approximate surface area is 191 Å². The number of unbranched alkanes of at least 4 members (excludes halogenated alkanes) is 1. The summed E-state index contributed by atoms with van der Waals surface area (Å²) in [6, 6.07) is 13.0. The van der Waals surface area contributed by atoms with Crippen molar-refractivity contribution >= 4 is 21.6 Å². The van der Waals surface area contributed by atoms with Crippen molar-refractivity contribution in [2.75, 3.05) is 25.0 Å².